The van der Waals surface area contributed by atoms with Crippen LogP contribution >= 0.6 is 22.9 Å². The molecule has 0 bridgehead atoms. The fourth-order valence-corrected chi connectivity index (χ4v) is 3.71. The fourth-order valence-electron chi connectivity index (χ4n) is 1.25. The summed E-state index contributed by atoms with van der Waals surface area (Å²) in [5.41, 5.74) is 0.209. The molecule has 2 N–H and O–H groups in total. The van der Waals surface area contributed by atoms with E-state index in [4.69, 9.17) is 11.6 Å². The minimum Gasteiger partial charge on any atom is -0.508 e. The smallest absolute Gasteiger partial charge is 0.273 e. The van der Waals surface area contributed by atoms with E-state index in [9.17, 15) is 13.5 Å². The Hall–Kier alpha value is -1.31. The second-order valence-corrected chi connectivity index (χ2v) is 7.02. The summed E-state index contributed by atoms with van der Waals surface area (Å²) in [5.74, 6) is -0.0309. The van der Waals surface area contributed by atoms with E-state index in [2.05, 4.69) is 9.71 Å². The van der Waals surface area contributed by atoms with Gasteiger partial charge in [-0.15, -0.1) is 11.3 Å². The average Bonchev–Trinajstić information content (AvgIpc) is 2.70. The average molecular weight is 305 g/mol. The van der Waals surface area contributed by atoms with E-state index in [-0.39, 0.29) is 20.7 Å². The zero-order valence-corrected chi connectivity index (χ0v) is 11.6. The van der Waals surface area contributed by atoms with Crippen LogP contribution in [-0.4, -0.2) is 18.5 Å². The molecule has 0 saturated carbocycles. The van der Waals surface area contributed by atoms with E-state index in [0.717, 1.165) is 11.3 Å². The number of aromatic nitrogens is 1. The molecule has 0 unspecified atom stereocenters. The maximum atomic E-state index is 12.0. The molecule has 5 nitrogen and oxygen atoms in total. The van der Waals surface area contributed by atoms with Crippen molar-refractivity contribution >= 4 is 38.6 Å². The van der Waals surface area contributed by atoms with E-state index in [0.29, 0.717) is 5.01 Å². The number of nitrogens with zero attached hydrogens (tertiary/aromatic N) is 1. The standard InChI is InChI=1S/C10H9ClN2O3S2/c1-6-12-5-10(17-6)18(15,16)13-9-3-2-7(14)4-8(9)11/h2-5,13-14H,1H3. The van der Waals surface area contributed by atoms with Crippen molar-refractivity contribution in [2.45, 2.75) is 11.1 Å². The van der Waals surface area contributed by atoms with Crippen molar-refractivity contribution in [2.75, 3.05) is 4.72 Å². The van der Waals surface area contributed by atoms with Crippen LogP contribution in [0.3, 0.4) is 0 Å². The van der Waals surface area contributed by atoms with Crippen LogP contribution in [0.1, 0.15) is 5.01 Å². The van der Waals surface area contributed by atoms with Crippen molar-refractivity contribution < 1.29 is 13.5 Å². The molecule has 0 radical (unpaired) electrons. The van der Waals surface area contributed by atoms with Gasteiger partial charge in [-0.1, -0.05) is 11.6 Å². The van der Waals surface area contributed by atoms with Crippen LogP contribution in [0.25, 0.3) is 0 Å². The SMILES string of the molecule is Cc1ncc(S(=O)(=O)Nc2ccc(O)cc2Cl)s1. The molecule has 1 heterocycles. The number of thiazole rings is 1. The number of phenols is 1. The Morgan fingerprint density at radius 1 is 1.44 bits per heavy atom. The van der Waals surface area contributed by atoms with Crippen molar-refractivity contribution in [3.63, 3.8) is 0 Å². The number of aromatic hydroxyl groups is 1. The molecule has 0 atom stereocenters. The third kappa shape index (κ3) is 2.74. The van der Waals surface area contributed by atoms with E-state index in [1.54, 1.807) is 6.92 Å². The largest absolute Gasteiger partial charge is 0.508 e. The fraction of sp³-hybridized carbons (Fsp3) is 0.100. The van der Waals surface area contributed by atoms with Crippen LogP contribution in [0.5, 0.6) is 5.75 Å². The van der Waals surface area contributed by atoms with Crippen LogP contribution < -0.4 is 4.72 Å². The van der Waals surface area contributed by atoms with Gasteiger partial charge in [0.25, 0.3) is 10.0 Å². The lowest BCUT2D eigenvalue weighted by molar-refractivity contribution is 0.475. The normalized spacial score (nSPS) is 11.4. The summed E-state index contributed by atoms with van der Waals surface area (Å²) in [6.45, 7) is 1.72. The summed E-state index contributed by atoms with van der Waals surface area (Å²) in [7, 11) is -3.69. The number of anilines is 1. The highest BCUT2D eigenvalue weighted by Gasteiger charge is 2.18. The first kappa shape index (κ1) is 13.1. The molecule has 0 aliphatic carbocycles. The lowest BCUT2D eigenvalue weighted by atomic mass is 10.3. The highest BCUT2D eigenvalue weighted by molar-refractivity contribution is 7.94. The quantitative estimate of drug-likeness (QED) is 0.854. The number of halogens is 1. The number of hydrogen-bond acceptors (Lipinski definition) is 5. The molecule has 0 fully saturated rings. The van der Waals surface area contributed by atoms with E-state index in [1.165, 1.54) is 24.4 Å². The molecular weight excluding hydrogens is 296 g/mol. The number of aryl methyl sites for hydroxylation is 1. The number of hydrogen-bond donors (Lipinski definition) is 2. The van der Waals surface area contributed by atoms with Gasteiger partial charge >= 0.3 is 0 Å². The lowest BCUT2D eigenvalue weighted by Gasteiger charge is -2.07. The molecule has 2 aromatic rings. The van der Waals surface area contributed by atoms with Gasteiger partial charge in [0, 0.05) is 6.07 Å². The van der Waals surface area contributed by atoms with Crippen molar-refractivity contribution in [1.29, 1.82) is 0 Å². The first-order valence-electron chi connectivity index (χ1n) is 4.82. The van der Waals surface area contributed by atoms with Gasteiger partial charge < -0.3 is 5.11 Å². The van der Waals surface area contributed by atoms with Crippen LogP contribution in [0.15, 0.2) is 28.6 Å². The molecule has 1 aromatic heterocycles. The van der Waals surface area contributed by atoms with Crippen LogP contribution in [-0.2, 0) is 10.0 Å². The Balaban J connectivity index is 2.33. The molecule has 96 valence electrons. The second kappa shape index (κ2) is 4.75. The summed E-state index contributed by atoms with van der Waals surface area (Å²) in [4.78, 5) is 3.89. The Labute approximate surface area is 113 Å². The van der Waals surface area contributed by atoms with Gasteiger partial charge in [0.05, 0.1) is 21.9 Å². The second-order valence-electron chi connectivity index (χ2n) is 3.47. The molecular formula is C10H9ClN2O3S2. The summed E-state index contributed by atoms with van der Waals surface area (Å²) in [6.07, 6.45) is 1.29. The minimum absolute atomic E-state index is 0.0309. The van der Waals surface area contributed by atoms with E-state index in [1.807, 2.05) is 0 Å². The highest BCUT2D eigenvalue weighted by Crippen LogP contribution is 2.29. The Morgan fingerprint density at radius 2 is 2.17 bits per heavy atom. The van der Waals surface area contributed by atoms with Gasteiger partial charge in [-0.3, -0.25) is 4.72 Å². The minimum atomic E-state index is -3.69. The first-order chi connectivity index (χ1) is 8.38. The summed E-state index contributed by atoms with van der Waals surface area (Å²) in [5, 5.41) is 9.97. The highest BCUT2D eigenvalue weighted by atomic mass is 35.5. The topological polar surface area (TPSA) is 79.3 Å². The van der Waals surface area contributed by atoms with Gasteiger partial charge in [-0.25, -0.2) is 13.4 Å². The molecule has 0 aliphatic heterocycles. The number of sulfonamides is 1. The molecule has 1 aromatic carbocycles. The number of nitrogens with one attached hydrogen (secondary N) is 1. The number of rotatable bonds is 3. The zero-order chi connectivity index (χ0) is 13.3. The first-order valence-corrected chi connectivity index (χ1v) is 7.50. The molecule has 0 aliphatic rings. The van der Waals surface area contributed by atoms with Crippen LogP contribution in [0.4, 0.5) is 5.69 Å². The maximum absolute atomic E-state index is 12.0. The predicted octanol–water partition coefficient (Wildman–Crippen LogP) is 2.61. The van der Waals surface area contributed by atoms with Gasteiger partial charge in [0.2, 0.25) is 0 Å². The van der Waals surface area contributed by atoms with Gasteiger partial charge in [0.1, 0.15) is 5.75 Å². The zero-order valence-electron chi connectivity index (χ0n) is 9.21. The molecule has 0 spiro atoms. The number of phenolic OH excluding ortho intramolecular Hbond substituents is 1. The molecule has 8 heteroatoms. The molecule has 0 amide bonds. The monoisotopic (exact) mass is 304 g/mol. The Morgan fingerprint density at radius 3 is 2.72 bits per heavy atom. The lowest BCUT2D eigenvalue weighted by Crippen LogP contribution is -2.11. The van der Waals surface area contributed by atoms with Gasteiger partial charge in [-0.05, 0) is 19.1 Å². The van der Waals surface area contributed by atoms with Crippen LogP contribution in [0.2, 0.25) is 5.02 Å². The summed E-state index contributed by atoms with van der Waals surface area (Å²) < 4.78 is 26.4. The third-order valence-electron chi connectivity index (χ3n) is 2.06. The van der Waals surface area contributed by atoms with Gasteiger partial charge in [-0.2, -0.15) is 0 Å². The van der Waals surface area contributed by atoms with E-state index >= 15 is 0 Å². The van der Waals surface area contributed by atoms with Crippen molar-refractivity contribution in [3.8, 4) is 5.75 Å². The molecule has 2 rings (SSSR count). The Bertz CT molecular complexity index is 682. The van der Waals surface area contributed by atoms with Gasteiger partial charge in [0.15, 0.2) is 4.21 Å². The summed E-state index contributed by atoms with van der Waals surface area (Å²) >= 11 is 6.90. The Kier molecular flexibility index (Phi) is 3.47. The molecule has 18 heavy (non-hydrogen) atoms. The third-order valence-corrected chi connectivity index (χ3v) is 5.11. The number of benzene rings is 1. The van der Waals surface area contributed by atoms with Crippen molar-refractivity contribution in [3.05, 3.63) is 34.4 Å². The summed E-state index contributed by atoms with van der Waals surface area (Å²) in [6, 6.07) is 4.00. The van der Waals surface area contributed by atoms with Crippen molar-refractivity contribution in [2.24, 2.45) is 0 Å². The van der Waals surface area contributed by atoms with Crippen LogP contribution in [0, 0.1) is 6.92 Å². The maximum Gasteiger partial charge on any atom is 0.273 e. The predicted molar refractivity (Wildman–Crippen MR) is 70.8 cm³/mol. The van der Waals surface area contributed by atoms with Crippen molar-refractivity contribution in [1.82, 2.24) is 4.98 Å². The molecule has 0 saturated heterocycles. The van der Waals surface area contributed by atoms with E-state index < -0.39 is 10.0 Å².